The molecular weight excluding hydrogens is 728 g/mol. The summed E-state index contributed by atoms with van der Waals surface area (Å²) in [5.41, 5.74) is 3.40. The predicted molar refractivity (Wildman–Crippen MR) is 148 cm³/mol. The number of esters is 2. The molecule has 284 valence electrons. The molecule has 2 heterocycles. The average molecular weight is 757 g/mol. The van der Waals surface area contributed by atoms with Gasteiger partial charge < -0.3 is 24.0 Å². The van der Waals surface area contributed by atoms with Crippen molar-refractivity contribution in [3.63, 3.8) is 0 Å². The Bertz CT molecular complexity index is 1410. The van der Waals surface area contributed by atoms with E-state index in [0.717, 1.165) is 32.1 Å². The molecule has 0 aliphatic carbocycles. The SMILES string of the molecule is COC[C@H]1c2ccccc2CCN1C(=O)C(F)(F)F.COC[C@H]1c2ccccc2CCN1C(=O)C(F)(F)F.O=C(OC(=O)C(F)(F)F)C(F)(F)F. The molecule has 0 saturated carbocycles. The maximum absolute atomic E-state index is 12.6. The highest BCUT2D eigenvalue weighted by molar-refractivity contribution is 5.90. The van der Waals surface area contributed by atoms with Gasteiger partial charge in [-0.3, -0.25) is 9.59 Å². The van der Waals surface area contributed by atoms with Crippen molar-refractivity contribution in [2.45, 2.75) is 49.6 Å². The van der Waals surface area contributed by atoms with E-state index in [4.69, 9.17) is 9.47 Å². The Balaban J connectivity index is 0.000000271. The first-order valence-corrected chi connectivity index (χ1v) is 14.2. The summed E-state index contributed by atoms with van der Waals surface area (Å²) in [4.78, 5) is 43.9. The maximum atomic E-state index is 12.6. The molecule has 2 atom stereocenters. The number of rotatable bonds is 4. The Morgan fingerprint density at radius 1 is 0.569 bits per heavy atom. The van der Waals surface area contributed by atoms with Gasteiger partial charge in [0.05, 0.1) is 25.3 Å². The van der Waals surface area contributed by atoms with Gasteiger partial charge in [-0.1, -0.05) is 48.5 Å². The topological polar surface area (TPSA) is 102 Å². The fraction of sp³-hybridized carbons (Fsp3) is 0.467. The van der Waals surface area contributed by atoms with Crippen molar-refractivity contribution in [1.29, 1.82) is 0 Å². The van der Waals surface area contributed by atoms with Gasteiger partial charge in [-0.05, 0) is 35.1 Å². The standard InChI is InChI=1S/2C13H14F3NO2.C4F6O3/c2*1-19-8-11-10-5-3-2-4-9(10)6-7-17(11)12(18)13(14,15)16;5-3(6,7)1(11)13-2(12)4(8,9)10/h2*2-5,11H,6-8H2,1H3;/t2*11-;/m00./s1. The second-order valence-corrected chi connectivity index (χ2v) is 10.5. The minimum absolute atomic E-state index is 0.0544. The minimum Gasteiger partial charge on any atom is -0.382 e. The first kappa shape index (κ1) is 42.8. The van der Waals surface area contributed by atoms with E-state index in [1.54, 1.807) is 24.3 Å². The fourth-order valence-electron chi connectivity index (χ4n) is 4.99. The molecule has 0 fully saturated rings. The first-order valence-electron chi connectivity index (χ1n) is 14.2. The molecule has 4 rings (SSSR count). The zero-order valence-corrected chi connectivity index (χ0v) is 26.3. The third kappa shape index (κ3) is 11.8. The number of ether oxygens (including phenoxy) is 3. The highest BCUT2D eigenvalue weighted by atomic mass is 19.4. The number of nitrogens with zero attached hydrogens (tertiary/aromatic N) is 2. The Hall–Kier alpha value is -4.40. The van der Waals surface area contributed by atoms with Gasteiger partial charge in [-0.2, -0.15) is 52.7 Å². The molecule has 0 spiro atoms. The zero-order chi connectivity index (χ0) is 38.9. The lowest BCUT2D eigenvalue weighted by atomic mass is 9.93. The van der Waals surface area contributed by atoms with Crippen molar-refractivity contribution in [3.8, 4) is 0 Å². The van der Waals surface area contributed by atoms with Crippen LogP contribution in [0.15, 0.2) is 48.5 Å². The zero-order valence-electron chi connectivity index (χ0n) is 26.3. The number of hydrogen-bond donors (Lipinski definition) is 0. The summed E-state index contributed by atoms with van der Waals surface area (Å²) in [6.07, 6.45) is -20.1. The van der Waals surface area contributed by atoms with Crippen LogP contribution in [0.5, 0.6) is 0 Å². The van der Waals surface area contributed by atoms with Gasteiger partial charge in [0.15, 0.2) is 0 Å². The summed E-state index contributed by atoms with van der Waals surface area (Å²) in [7, 11) is 2.82. The van der Waals surface area contributed by atoms with E-state index >= 15 is 0 Å². The van der Waals surface area contributed by atoms with E-state index < -0.39 is 60.5 Å². The molecule has 2 aliphatic heterocycles. The highest BCUT2D eigenvalue weighted by Gasteiger charge is 2.50. The lowest BCUT2D eigenvalue weighted by molar-refractivity contribution is -0.221. The molecule has 21 heteroatoms. The number of carbonyl (C=O) groups is 4. The van der Waals surface area contributed by atoms with Crippen molar-refractivity contribution in [1.82, 2.24) is 9.80 Å². The normalized spacial score (nSPS) is 17.5. The van der Waals surface area contributed by atoms with Crippen molar-refractivity contribution in [3.05, 3.63) is 70.8 Å². The van der Waals surface area contributed by atoms with Crippen molar-refractivity contribution >= 4 is 23.8 Å². The molecule has 0 aromatic heterocycles. The average Bonchev–Trinajstić information content (AvgIpc) is 3.03. The van der Waals surface area contributed by atoms with Crippen molar-refractivity contribution in [2.24, 2.45) is 0 Å². The molecule has 2 aromatic carbocycles. The van der Waals surface area contributed by atoms with Gasteiger partial charge in [-0.15, -0.1) is 0 Å². The van der Waals surface area contributed by atoms with Crippen molar-refractivity contribution in [2.75, 3.05) is 40.5 Å². The van der Waals surface area contributed by atoms with Crippen molar-refractivity contribution < 1.29 is 86.1 Å². The van der Waals surface area contributed by atoms with Gasteiger partial charge in [0.25, 0.3) is 0 Å². The molecule has 2 aliphatic rings. The van der Waals surface area contributed by atoms with E-state index in [1.165, 1.54) is 14.2 Å². The van der Waals surface area contributed by atoms with Crippen LogP contribution in [-0.2, 0) is 46.2 Å². The summed E-state index contributed by atoms with van der Waals surface area (Å²) in [5, 5.41) is 0. The minimum atomic E-state index is -5.62. The monoisotopic (exact) mass is 756 g/mol. The quantitative estimate of drug-likeness (QED) is 0.220. The Morgan fingerprint density at radius 3 is 1.16 bits per heavy atom. The number of amides is 2. The van der Waals surface area contributed by atoms with Gasteiger partial charge in [0, 0.05) is 27.3 Å². The number of methoxy groups -OCH3 is 2. The summed E-state index contributed by atoms with van der Waals surface area (Å²) in [6.45, 7) is 0.227. The van der Waals surface area contributed by atoms with Gasteiger partial charge in [-0.25, -0.2) is 9.59 Å². The van der Waals surface area contributed by atoms with Crippen LogP contribution < -0.4 is 0 Å². The second kappa shape index (κ2) is 17.2. The molecular formula is C30H28F12N2O7. The summed E-state index contributed by atoms with van der Waals surface area (Å²) < 4.78 is 155. The van der Waals surface area contributed by atoms with Crippen LogP contribution in [0.25, 0.3) is 0 Å². The van der Waals surface area contributed by atoms with Crippen LogP contribution in [-0.4, -0.2) is 98.8 Å². The van der Waals surface area contributed by atoms with Crippen LogP contribution >= 0.6 is 0 Å². The van der Waals surface area contributed by atoms with Crippen LogP contribution in [0.3, 0.4) is 0 Å². The number of alkyl halides is 12. The largest absolute Gasteiger partial charge is 0.491 e. The third-order valence-electron chi connectivity index (χ3n) is 7.13. The molecule has 0 saturated heterocycles. The summed E-state index contributed by atoms with van der Waals surface area (Å²) >= 11 is 0. The Morgan fingerprint density at radius 2 is 0.882 bits per heavy atom. The van der Waals surface area contributed by atoms with Crippen LogP contribution in [0.2, 0.25) is 0 Å². The molecule has 0 unspecified atom stereocenters. The lowest BCUT2D eigenvalue weighted by Crippen LogP contribution is -2.47. The van der Waals surface area contributed by atoms with Crippen LogP contribution in [0, 0.1) is 0 Å². The molecule has 2 aromatic rings. The molecule has 51 heavy (non-hydrogen) atoms. The number of hydrogen-bond acceptors (Lipinski definition) is 7. The van der Waals surface area contributed by atoms with E-state index in [0.29, 0.717) is 12.8 Å². The fourth-order valence-corrected chi connectivity index (χ4v) is 4.99. The number of carbonyl (C=O) groups excluding carboxylic acids is 4. The van der Waals surface area contributed by atoms with Gasteiger partial charge in [0.2, 0.25) is 0 Å². The first-order chi connectivity index (χ1) is 23.4. The van der Waals surface area contributed by atoms with Crippen LogP contribution in [0.4, 0.5) is 52.7 Å². The summed E-state index contributed by atoms with van der Waals surface area (Å²) in [5.74, 6) is -10.0. The highest BCUT2D eigenvalue weighted by Crippen LogP contribution is 2.34. The number of benzene rings is 2. The Labute approximate surface area is 281 Å². The lowest BCUT2D eigenvalue weighted by Gasteiger charge is -2.37. The number of halogens is 12. The molecule has 0 N–H and O–H groups in total. The molecule has 9 nitrogen and oxygen atoms in total. The van der Waals surface area contributed by atoms with E-state index in [-0.39, 0.29) is 26.3 Å². The predicted octanol–water partition coefficient (Wildman–Crippen LogP) is 5.82. The van der Waals surface area contributed by atoms with Gasteiger partial charge in [0.1, 0.15) is 0 Å². The van der Waals surface area contributed by atoms with Gasteiger partial charge >= 0.3 is 48.5 Å². The van der Waals surface area contributed by atoms with E-state index in [9.17, 15) is 71.9 Å². The summed E-state index contributed by atoms with van der Waals surface area (Å²) in [6, 6.07) is 13.1. The maximum Gasteiger partial charge on any atom is 0.491 e. The second-order valence-electron chi connectivity index (χ2n) is 10.5. The third-order valence-corrected chi connectivity index (χ3v) is 7.13. The van der Waals surface area contributed by atoms with E-state index in [2.05, 4.69) is 4.74 Å². The van der Waals surface area contributed by atoms with E-state index in [1.807, 2.05) is 24.3 Å². The smallest absolute Gasteiger partial charge is 0.382 e. The Kier molecular flexibility index (Phi) is 14.4. The number of fused-ring (bicyclic) bond motifs is 2. The molecule has 0 bridgehead atoms. The molecule has 0 radical (unpaired) electrons. The van der Waals surface area contributed by atoms with Crippen LogP contribution in [0.1, 0.15) is 34.3 Å². The molecule has 2 amide bonds.